The standard InChI is InChI=1S/C21H18FN5O3S/c1-3-31(29,30)17-10-12(2)24-11-16(17)25-21(28)15-8-9-23-20-18(15)26-19(27-20)13-4-6-14(22)7-5-13/h4-11H,3H2,1-2H3,(H,25,28)(H,23,26,27). The van der Waals surface area contributed by atoms with Crippen molar-refractivity contribution >= 4 is 32.6 Å². The second kappa shape index (κ2) is 7.88. The van der Waals surface area contributed by atoms with Crippen molar-refractivity contribution in [2.24, 2.45) is 0 Å². The summed E-state index contributed by atoms with van der Waals surface area (Å²) in [5.41, 5.74) is 2.15. The molecule has 0 bridgehead atoms. The quantitative estimate of drug-likeness (QED) is 0.491. The van der Waals surface area contributed by atoms with Gasteiger partial charge < -0.3 is 10.3 Å². The summed E-state index contributed by atoms with van der Waals surface area (Å²) in [5, 5.41) is 2.64. The summed E-state index contributed by atoms with van der Waals surface area (Å²) in [6.45, 7) is 3.21. The van der Waals surface area contributed by atoms with E-state index in [1.54, 1.807) is 19.1 Å². The Balaban J connectivity index is 1.73. The van der Waals surface area contributed by atoms with Crippen molar-refractivity contribution in [2.45, 2.75) is 18.7 Å². The molecule has 0 aliphatic rings. The fourth-order valence-electron chi connectivity index (χ4n) is 3.08. The highest BCUT2D eigenvalue weighted by atomic mass is 32.2. The van der Waals surface area contributed by atoms with Gasteiger partial charge in [-0.25, -0.2) is 22.8 Å². The maximum absolute atomic E-state index is 13.2. The van der Waals surface area contributed by atoms with Gasteiger partial charge in [0.15, 0.2) is 15.5 Å². The third kappa shape index (κ3) is 4.02. The minimum Gasteiger partial charge on any atom is -0.336 e. The van der Waals surface area contributed by atoms with E-state index in [0.717, 1.165) is 0 Å². The summed E-state index contributed by atoms with van der Waals surface area (Å²) in [6.07, 6.45) is 2.76. The molecule has 3 heterocycles. The third-order valence-electron chi connectivity index (χ3n) is 4.72. The molecule has 4 aromatic rings. The highest BCUT2D eigenvalue weighted by Gasteiger charge is 2.21. The zero-order valence-electron chi connectivity index (χ0n) is 16.7. The number of sulfone groups is 1. The van der Waals surface area contributed by atoms with Gasteiger partial charge in [0.2, 0.25) is 0 Å². The van der Waals surface area contributed by atoms with Gasteiger partial charge in [0, 0.05) is 17.5 Å². The van der Waals surface area contributed by atoms with Crippen molar-refractivity contribution in [2.75, 3.05) is 11.1 Å². The fraction of sp³-hybridized carbons (Fsp3) is 0.143. The molecule has 0 unspecified atom stereocenters. The molecule has 0 saturated carbocycles. The second-order valence-corrected chi connectivity index (χ2v) is 9.08. The number of carbonyl (C=O) groups is 1. The van der Waals surface area contributed by atoms with Crippen LogP contribution in [0, 0.1) is 12.7 Å². The first-order chi connectivity index (χ1) is 14.8. The van der Waals surface area contributed by atoms with Gasteiger partial charge in [-0.2, -0.15) is 0 Å². The first-order valence-corrected chi connectivity index (χ1v) is 11.0. The molecule has 158 valence electrons. The number of rotatable bonds is 5. The van der Waals surface area contributed by atoms with Crippen LogP contribution in [0.15, 0.2) is 53.7 Å². The molecule has 4 rings (SSSR count). The number of amides is 1. The number of aromatic amines is 1. The Morgan fingerprint density at radius 1 is 1.16 bits per heavy atom. The normalized spacial score (nSPS) is 11.6. The number of halogens is 1. The van der Waals surface area contributed by atoms with E-state index in [1.807, 2.05) is 0 Å². The second-order valence-electron chi connectivity index (χ2n) is 6.83. The van der Waals surface area contributed by atoms with Gasteiger partial charge in [-0.3, -0.25) is 9.78 Å². The fourth-order valence-corrected chi connectivity index (χ4v) is 4.18. The SMILES string of the molecule is CCS(=O)(=O)c1cc(C)ncc1NC(=O)c1ccnc2nc(-c3ccc(F)cc3)[nH]c12. The lowest BCUT2D eigenvalue weighted by Crippen LogP contribution is -2.16. The van der Waals surface area contributed by atoms with Crippen molar-refractivity contribution in [1.29, 1.82) is 0 Å². The van der Waals surface area contributed by atoms with Gasteiger partial charge in [0.25, 0.3) is 5.91 Å². The predicted molar refractivity (Wildman–Crippen MR) is 114 cm³/mol. The Labute approximate surface area is 177 Å². The minimum absolute atomic E-state index is 0.0118. The minimum atomic E-state index is -3.57. The van der Waals surface area contributed by atoms with Crippen LogP contribution >= 0.6 is 0 Å². The van der Waals surface area contributed by atoms with E-state index in [4.69, 9.17) is 0 Å². The van der Waals surface area contributed by atoms with E-state index in [1.165, 1.54) is 43.6 Å². The number of H-pyrrole nitrogens is 1. The monoisotopic (exact) mass is 439 g/mol. The smallest absolute Gasteiger partial charge is 0.258 e. The maximum Gasteiger partial charge on any atom is 0.258 e. The number of hydrogen-bond donors (Lipinski definition) is 2. The van der Waals surface area contributed by atoms with Crippen molar-refractivity contribution in [3.8, 4) is 11.4 Å². The van der Waals surface area contributed by atoms with Crippen molar-refractivity contribution in [3.05, 3.63) is 65.9 Å². The molecule has 1 amide bonds. The predicted octanol–water partition coefficient (Wildman–Crippen LogP) is 3.51. The number of nitrogens with one attached hydrogen (secondary N) is 2. The Bertz CT molecular complexity index is 1400. The van der Waals surface area contributed by atoms with Gasteiger partial charge in [-0.15, -0.1) is 0 Å². The number of nitrogens with zero attached hydrogens (tertiary/aromatic N) is 3. The first kappa shape index (κ1) is 20.6. The largest absolute Gasteiger partial charge is 0.336 e. The molecule has 0 aliphatic carbocycles. The summed E-state index contributed by atoms with van der Waals surface area (Å²) < 4.78 is 38.1. The van der Waals surface area contributed by atoms with Crippen molar-refractivity contribution in [3.63, 3.8) is 0 Å². The zero-order chi connectivity index (χ0) is 22.2. The van der Waals surface area contributed by atoms with Crippen LogP contribution in [0.1, 0.15) is 23.0 Å². The first-order valence-electron chi connectivity index (χ1n) is 9.40. The number of fused-ring (bicyclic) bond motifs is 1. The molecule has 10 heteroatoms. The lowest BCUT2D eigenvalue weighted by molar-refractivity contribution is 0.102. The van der Waals surface area contributed by atoms with Gasteiger partial charge >= 0.3 is 0 Å². The Kier molecular flexibility index (Phi) is 5.24. The lowest BCUT2D eigenvalue weighted by Gasteiger charge is -2.11. The molecule has 2 N–H and O–H groups in total. The van der Waals surface area contributed by atoms with E-state index in [-0.39, 0.29) is 27.7 Å². The highest BCUT2D eigenvalue weighted by Crippen LogP contribution is 2.25. The topological polar surface area (TPSA) is 118 Å². The molecule has 8 nitrogen and oxygen atoms in total. The number of imidazole rings is 1. The van der Waals surface area contributed by atoms with Crippen molar-refractivity contribution < 1.29 is 17.6 Å². The van der Waals surface area contributed by atoms with Crippen LogP contribution in [-0.2, 0) is 9.84 Å². The van der Waals surface area contributed by atoms with Crippen molar-refractivity contribution in [1.82, 2.24) is 19.9 Å². The summed E-state index contributed by atoms with van der Waals surface area (Å²) in [4.78, 5) is 28.7. The lowest BCUT2D eigenvalue weighted by atomic mass is 10.2. The summed E-state index contributed by atoms with van der Waals surface area (Å²) >= 11 is 0. The molecule has 1 aromatic carbocycles. The number of carbonyl (C=O) groups excluding carboxylic acids is 1. The highest BCUT2D eigenvalue weighted by molar-refractivity contribution is 7.91. The van der Waals surface area contributed by atoms with Crippen LogP contribution in [0.25, 0.3) is 22.6 Å². The van der Waals surface area contributed by atoms with E-state index in [9.17, 15) is 17.6 Å². The van der Waals surface area contributed by atoms with Gasteiger partial charge in [0.05, 0.1) is 33.6 Å². The van der Waals surface area contributed by atoms with Crippen LogP contribution in [0.4, 0.5) is 10.1 Å². The van der Waals surface area contributed by atoms with E-state index in [0.29, 0.717) is 28.2 Å². The number of aryl methyl sites for hydroxylation is 1. The van der Waals surface area contributed by atoms with Gasteiger partial charge in [-0.1, -0.05) is 6.92 Å². The Morgan fingerprint density at radius 2 is 1.90 bits per heavy atom. The molecule has 0 saturated heterocycles. The molecule has 0 spiro atoms. The Morgan fingerprint density at radius 3 is 2.61 bits per heavy atom. The van der Waals surface area contributed by atoms with E-state index in [2.05, 4.69) is 25.3 Å². The van der Waals surface area contributed by atoms with Crippen LogP contribution in [-0.4, -0.2) is 40.0 Å². The summed E-state index contributed by atoms with van der Waals surface area (Å²) in [5.74, 6) is -0.600. The number of hydrogen-bond acceptors (Lipinski definition) is 6. The molecule has 0 radical (unpaired) electrons. The Hall–Kier alpha value is -3.66. The molecule has 31 heavy (non-hydrogen) atoms. The molecule has 3 aromatic heterocycles. The number of benzene rings is 1. The molecule has 0 aliphatic heterocycles. The summed E-state index contributed by atoms with van der Waals surface area (Å²) in [7, 11) is -3.57. The van der Waals surface area contributed by atoms with Crippen LogP contribution in [0.3, 0.4) is 0 Å². The zero-order valence-corrected chi connectivity index (χ0v) is 17.5. The van der Waals surface area contributed by atoms with Crippen LogP contribution < -0.4 is 5.32 Å². The molecular formula is C21H18FN5O3S. The molecule has 0 atom stereocenters. The average Bonchev–Trinajstić information content (AvgIpc) is 3.19. The van der Waals surface area contributed by atoms with E-state index >= 15 is 0 Å². The average molecular weight is 439 g/mol. The molecule has 0 fully saturated rings. The number of anilines is 1. The van der Waals surface area contributed by atoms with Crippen LogP contribution in [0.5, 0.6) is 0 Å². The summed E-state index contributed by atoms with van der Waals surface area (Å²) in [6, 6.07) is 8.67. The maximum atomic E-state index is 13.2. The third-order valence-corrected chi connectivity index (χ3v) is 6.49. The van der Waals surface area contributed by atoms with Crippen LogP contribution in [0.2, 0.25) is 0 Å². The molecular weight excluding hydrogens is 421 g/mol. The number of aromatic nitrogens is 4. The van der Waals surface area contributed by atoms with Gasteiger partial charge in [-0.05, 0) is 43.3 Å². The van der Waals surface area contributed by atoms with E-state index < -0.39 is 15.7 Å². The van der Waals surface area contributed by atoms with Gasteiger partial charge in [0.1, 0.15) is 11.6 Å². The number of pyridine rings is 2.